The topological polar surface area (TPSA) is 110 Å². The van der Waals surface area contributed by atoms with Gasteiger partial charge in [0.15, 0.2) is 11.5 Å². The predicted molar refractivity (Wildman–Crippen MR) is 131 cm³/mol. The zero-order chi connectivity index (χ0) is 24.8. The molecule has 2 aromatic rings. The van der Waals surface area contributed by atoms with Crippen molar-refractivity contribution in [3.8, 4) is 23.3 Å². The number of methoxy groups -OCH3 is 3. The zero-order valence-corrected chi connectivity index (χ0v) is 20.6. The van der Waals surface area contributed by atoms with Gasteiger partial charge in [0, 0.05) is 18.0 Å². The molecule has 1 atom stereocenters. The minimum Gasteiger partial charge on any atom is -0.493 e. The highest BCUT2D eigenvalue weighted by Gasteiger charge is 2.31. The highest BCUT2D eigenvalue weighted by Crippen LogP contribution is 2.44. The van der Waals surface area contributed by atoms with Gasteiger partial charge in [-0.25, -0.2) is 0 Å². The fourth-order valence-corrected chi connectivity index (χ4v) is 4.55. The van der Waals surface area contributed by atoms with Crippen molar-refractivity contribution < 1.29 is 23.8 Å². The Bertz CT molecular complexity index is 1160. The second-order valence-corrected chi connectivity index (χ2v) is 8.74. The summed E-state index contributed by atoms with van der Waals surface area (Å²) in [5, 5.41) is 15.9. The van der Waals surface area contributed by atoms with Gasteiger partial charge in [-0.3, -0.25) is 9.59 Å². The summed E-state index contributed by atoms with van der Waals surface area (Å²) in [6.07, 6.45) is 0.0838. The van der Waals surface area contributed by atoms with Crippen LogP contribution >= 0.6 is 11.8 Å². The van der Waals surface area contributed by atoms with Crippen LogP contribution in [0.4, 0.5) is 5.69 Å². The van der Waals surface area contributed by atoms with Crippen molar-refractivity contribution in [2.24, 2.45) is 0 Å². The van der Waals surface area contributed by atoms with Crippen LogP contribution in [0.25, 0.3) is 0 Å². The largest absolute Gasteiger partial charge is 0.493 e. The highest BCUT2D eigenvalue weighted by molar-refractivity contribution is 8.03. The van der Waals surface area contributed by atoms with Gasteiger partial charge in [-0.2, -0.15) is 5.26 Å². The molecule has 8 nitrogen and oxygen atoms in total. The van der Waals surface area contributed by atoms with Gasteiger partial charge >= 0.3 is 0 Å². The predicted octanol–water partition coefficient (Wildman–Crippen LogP) is 4.04. The number of thioether (sulfide) groups is 1. The van der Waals surface area contributed by atoms with E-state index < -0.39 is 5.92 Å². The van der Waals surface area contributed by atoms with Crippen LogP contribution in [0.3, 0.4) is 0 Å². The first-order chi connectivity index (χ1) is 16.3. The molecule has 0 saturated carbocycles. The fraction of sp³-hybridized carbons (Fsp3) is 0.320. The summed E-state index contributed by atoms with van der Waals surface area (Å²) in [5.74, 6) is 0.337. The van der Waals surface area contributed by atoms with E-state index in [1.807, 2.05) is 32.0 Å². The molecule has 1 aliphatic rings. The third-order valence-electron chi connectivity index (χ3n) is 5.58. The Morgan fingerprint density at radius 3 is 2.35 bits per heavy atom. The molecule has 0 aromatic heterocycles. The molecule has 0 bridgehead atoms. The monoisotopic (exact) mass is 481 g/mol. The number of hydrogen-bond donors (Lipinski definition) is 2. The van der Waals surface area contributed by atoms with Crippen LogP contribution in [0.15, 0.2) is 40.9 Å². The van der Waals surface area contributed by atoms with Gasteiger partial charge in [-0.1, -0.05) is 17.8 Å². The maximum Gasteiger partial charge on any atom is 0.234 e. The normalized spacial score (nSPS) is 15.3. The second-order valence-electron chi connectivity index (χ2n) is 7.75. The smallest absolute Gasteiger partial charge is 0.234 e. The molecule has 2 N–H and O–H groups in total. The lowest BCUT2D eigenvalue weighted by Gasteiger charge is -2.26. The number of rotatable bonds is 8. The maximum atomic E-state index is 12.5. The standard InChI is InChI=1S/C25H27N3O5S/c1-14-6-7-17(8-15(14)2)27-23(30)13-34-25-19(12-26)18(11-22(29)28-25)16-9-20(31-3)24(33-5)21(10-16)32-4/h6-10,18H,11,13H2,1-5H3,(H,27,30)(H,28,29). The van der Waals surface area contributed by atoms with E-state index in [1.54, 1.807) is 12.1 Å². The van der Waals surface area contributed by atoms with E-state index in [-0.39, 0.29) is 24.0 Å². The minimum absolute atomic E-state index is 0.0374. The number of carbonyl (C=O) groups is 2. The van der Waals surface area contributed by atoms with Crippen molar-refractivity contribution >= 4 is 29.3 Å². The molecule has 1 aliphatic heterocycles. The number of allylic oxidation sites excluding steroid dienone is 1. The molecule has 34 heavy (non-hydrogen) atoms. The van der Waals surface area contributed by atoms with Crippen molar-refractivity contribution in [1.82, 2.24) is 5.32 Å². The van der Waals surface area contributed by atoms with Crippen molar-refractivity contribution in [3.63, 3.8) is 0 Å². The fourth-order valence-electron chi connectivity index (χ4n) is 3.67. The molecule has 2 amide bonds. The van der Waals surface area contributed by atoms with Gasteiger partial charge in [0.2, 0.25) is 17.6 Å². The van der Waals surface area contributed by atoms with E-state index in [9.17, 15) is 14.9 Å². The molecule has 0 radical (unpaired) electrons. The van der Waals surface area contributed by atoms with Gasteiger partial charge in [-0.15, -0.1) is 0 Å². The summed E-state index contributed by atoms with van der Waals surface area (Å²) in [5.41, 5.74) is 3.97. The van der Waals surface area contributed by atoms with Gasteiger partial charge in [0.05, 0.1) is 43.8 Å². The Hall–Kier alpha value is -3.64. The van der Waals surface area contributed by atoms with Crippen LogP contribution in [-0.2, 0) is 9.59 Å². The Morgan fingerprint density at radius 2 is 1.79 bits per heavy atom. The lowest BCUT2D eigenvalue weighted by atomic mass is 9.86. The van der Waals surface area contributed by atoms with Crippen LogP contribution in [0.5, 0.6) is 17.2 Å². The van der Waals surface area contributed by atoms with E-state index >= 15 is 0 Å². The first kappa shape index (κ1) is 25.0. The highest BCUT2D eigenvalue weighted by atomic mass is 32.2. The number of benzene rings is 2. The maximum absolute atomic E-state index is 12.5. The van der Waals surface area contributed by atoms with E-state index in [2.05, 4.69) is 16.7 Å². The first-order valence-corrected chi connectivity index (χ1v) is 11.5. The number of ether oxygens (including phenoxy) is 3. The average molecular weight is 482 g/mol. The quantitative estimate of drug-likeness (QED) is 0.586. The van der Waals surface area contributed by atoms with Crippen molar-refractivity contribution in [3.05, 3.63) is 57.6 Å². The van der Waals surface area contributed by atoms with Crippen LogP contribution < -0.4 is 24.8 Å². The first-order valence-electron chi connectivity index (χ1n) is 10.5. The molecular formula is C25H27N3O5S. The van der Waals surface area contributed by atoms with E-state index in [0.29, 0.717) is 39.1 Å². The third kappa shape index (κ3) is 5.46. The molecule has 1 heterocycles. The van der Waals surface area contributed by atoms with Crippen LogP contribution in [0.2, 0.25) is 0 Å². The molecule has 0 saturated heterocycles. The van der Waals surface area contributed by atoms with E-state index in [0.717, 1.165) is 22.9 Å². The molecular weight excluding hydrogens is 454 g/mol. The third-order valence-corrected chi connectivity index (χ3v) is 6.60. The summed E-state index contributed by atoms with van der Waals surface area (Å²) in [6.45, 7) is 3.98. The molecule has 9 heteroatoms. The number of nitriles is 1. The number of anilines is 1. The SMILES string of the molecule is COc1cc(C2CC(=O)NC(SCC(=O)Nc3ccc(C)c(C)c3)=C2C#N)cc(OC)c1OC. The summed E-state index contributed by atoms with van der Waals surface area (Å²) >= 11 is 1.12. The number of amides is 2. The summed E-state index contributed by atoms with van der Waals surface area (Å²) < 4.78 is 16.2. The van der Waals surface area contributed by atoms with E-state index in [1.165, 1.54) is 21.3 Å². The Morgan fingerprint density at radius 1 is 1.12 bits per heavy atom. The number of hydrogen-bond acceptors (Lipinski definition) is 7. The van der Waals surface area contributed by atoms with Gasteiger partial charge in [-0.05, 0) is 54.8 Å². The lowest BCUT2D eigenvalue weighted by molar-refractivity contribution is -0.121. The Labute approximate surface area is 203 Å². The summed E-state index contributed by atoms with van der Waals surface area (Å²) in [4.78, 5) is 25.0. The van der Waals surface area contributed by atoms with Gasteiger partial charge in [0.1, 0.15) is 0 Å². The van der Waals surface area contributed by atoms with Crippen molar-refractivity contribution in [2.75, 3.05) is 32.4 Å². The number of carbonyl (C=O) groups excluding carboxylic acids is 2. The van der Waals surface area contributed by atoms with Gasteiger partial charge < -0.3 is 24.8 Å². The second kappa shape index (κ2) is 11.0. The molecule has 0 spiro atoms. The number of nitrogens with one attached hydrogen (secondary N) is 2. The lowest BCUT2D eigenvalue weighted by Crippen LogP contribution is -2.31. The molecule has 178 valence electrons. The number of aryl methyl sites for hydroxylation is 2. The number of nitrogens with zero attached hydrogens (tertiary/aromatic N) is 1. The van der Waals surface area contributed by atoms with Crippen LogP contribution in [0, 0.1) is 25.2 Å². The van der Waals surface area contributed by atoms with Crippen molar-refractivity contribution in [1.29, 1.82) is 5.26 Å². The van der Waals surface area contributed by atoms with Crippen LogP contribution in [0.1, 0.15) is 29.0 Å². The minimum atomic E-state index is -0.516. The van der Waals surface area contributed by atoms with Crippen LogP contribution in [-0.4, -0.2) is 38.9 Å². The van der Waals surface area contributed by atoms with Gasteiger partial charge in [0.25, 0.3) is 0 Å². The molecule has 3 rings (SSSR count). The van der Waals surface area contributed by atoms with E-state index in [4.69, 9.17) is 14.2 Å². The Kier molecular flexibility index (Phi) is 8.08. The molecule has 1 unspecified atom stereocenters. The molecule has 0 aliphatic carbocycles. The molecule has 2 aromatic carbocycles. The molecule has 0 fully saturated rings. The summed E-state index contributed by atoms with van der Waals surface area (Å²) in [7, 11) is 4.52. The Balaban J connectivity index is 1.85. The zero-order valence-electron chi connectivity index (χ0n) is 19.8. The average Bonchev–Trinajstić information content (AvgIpc) is 2.83. The van der Waals surface area contributed by atoms with Crippen molar-refractivity contribution in [2.45, 2.75) is 26.2 Å². The summed E-state index contributed by atoms with van der Waals surface area (Å²) in [6, 6.07) is 11.4.